The second-order valence-electron chi connectivity index (χ2n) is 7.72. The molecule has 6 heteroatoms. The third kappa shape index (κ3) is 1.20. The fourth-order valence-electron chi connectivity index (χ4n) is 6.11. The van der Waals surface area contributed by atoms with E-state index in [9.17, 15) is 0 Å². The molecule has 4 aliphatic rings. The average molecular weight is 316 g/mol. The summed E-state index contributed by atoms with van der Waals surface area (Å²) in [5.41, 5.74) is 0.740. The Morgan fingerprint density at radius 2 is 1.88 bits per heavy atom. The molecule has 0 unspecified atom stereocenters. The first-order chi connectivity index (χ1) is 11.9. The van der Waals surface area contributed by atoms with E-state index in [0.717, 1.165) is 40.5 Å². The zero-order valence-electron chi connectivity index (χ0n) is 13.0. The summed E-state index contributed by atoms with van der Waals surface area (Å²) in [6, 6.07) is 9.73. The van der Waals surface area contributed by atoms with Crippen molar-refractivity contribution < 1.29 is 0 Å². The smallest absolute Gasteiger partial charge is 0.207 e. The van der Waals surface area contributed by atoms with Crippen molar-refractivity contribution in [2.24, 2.45) is 23.7 Å². The van der Waals surface area contributed by atoms with Crippen LogP contribution in [0.5, 0.6) is 0 Å². The average Bonchev–Trinajstić information content (AvgIpc) is 3.11. The summed E-state index contributed by atoms with van der Waals surface area (Å²) >= 11 is 0. The highest BCUT2D eigenvalue weighted by Gasteiger charge is 2.70. The molecule has 2 saturated carbocycles. The number of fused-ring (bicyclic) bond motifs is 11. The number of hydrogen-bond donors (Lipinski definition) is 0. The Morgan fingerprint density at radius 3 is 2.83 bits per heavy atom. The number of anilines is 1. The van der Waals surface area contributed by atoms with Crippen molar-refractivity contribution in [1.29, 1.82) is 0 Å². The number of rotatable bonds is 1. The maximum Gasteiger partial charge on any atom is 0.207 e. The molecule has 2 bridgehead atoms. The van der Waals surface area contributed by atoms with E-state index in [-0.39, 0.29) is 0 Å². The molecule has 0 amide bonds. The normalized spacial score (nSPS) is 38.2. The van der Waals surface area contributed by atoms with Crippen LogP contribution in [0.25, 0.3) is 16.4 Å². The van der Waals surface area contributed by atoms with E-state index in [2.05, 4.69) is 50.8 Å². The van der Waals surface area contributed by atoms with Crippen LogP contribution in [0.2, 0.25) is 0 Å². The third-order valence-corrected chi connectivity index (χ3v) is 6.93. The van der Waals surface area contributed by atoms with Crippen LogP contribution >= 0.6 is 0 Å². The Kier molecular flexibility index (Phi) is 1.87. The number of tetrazole rings is 1. The van der Waals surface area contributed by atoms with Crippen molar-refractivity contribution in [3.05, 3.63) is 36.4 Å². The Balaban J connectivity index is 1.42. The van der Waals surface area contributed by atoms with Gasteiger partial charge in [-0.15, -0.1) is 14.8 Å². The molecule has 24 heavy (non-hydrogen) atoms. The lowest BCUT2D eigenvalue weighted by molar-refractivity contribution is 0.319. The second kappa shape index (κ2) is 3.77. The standard InChI is InChI=1S/C18H16N6/c1-2-5-12-11(4-1)17-19-21-22-24(17)20-18(12)23-15-13-8-14(16(15)23)10-7-3-6-9(10)13/h1-6,9-10,13-16H,7-8H2/t9-,10+,13+,14+,15-,16+,23?/m0/s1. The molecule has 3 heterocycles. The fourth-order valence-corrected chi connectivity index (χ4v) is 6.11. The van der Waals surface area contributed by atoms with Gasteiger partial charge in [0.1, 0.15) is 0 Å². The lowest BCUT2D eigenvalue weighted by Gasteiger charge is -2.21. The van der Waals surface area contributed by atoms with E-state index < -0.39 is 0 Å². The monoisotopic (exact) mass is 316 g/mol. The number of nitrogens with zero attached hydrogens (tertiary/aromatic N) is 6. The van der Waals surface area contributed by atoms with Crippen molar-refractivity contribution in [2.45, 2.75) is 24.9 Å². The lowest BCUT2D eigenvalue weighted by Crippen LogP contribution is -2.23. The fraction of sp³-hybridized carbons (Fsp3) is 0.444. The van der Waals surface area contributed by atoms with Crippen LogP contribution in [-0.2, 0) is 0 Å². The zero-order chi connectivity index (χ0) is 15.4. The van der Waals surface area contributed by atoms with Gasteiger partial charge in [0.25, 0.3) is 0 Å². The number of aromatic nitrogens is 5. The molecule has 0 N–H and O–H groups in total. The molecule has 3 aromatic rings. The molecule has 3 fully saturated rings. The van der Waals surface area contributed by atoms with Gasteiger partial charge in [0.2, 0.25) is 5.65 Å². The first-order valence-electron chi connectivity index (χ1n) is 8.84. The summed E-state index contributed by atoms with van der Waals surface area (Å²) < 4.78 is 1.59. The summed E-state index contributed by atoms with van der Waals surface area (Å²) in [6.07, 6.45) is 7.59. The predicted molar refractivity (Wildman–Crippen MR) is 88.5 cm³/mol. The van der Waals surface area contributed by atoms with E-state index in [1.807, 2.05) is 6.07 Å². The van der Waals surface area contributed by atoms with Gasteiger partial charge < -0.3 is 4.90 Å². The van der Waals surface area contributed by atoms with Crippen LogP contribution in [0, 0.1) is 23.7 Å². The van der Waals surface area contributed by atoms with Crippen LogP contribution in [-0.4, -0.2) is 37.3 Å². The molecule has 2 aromatic heterocycles. The molecular formula is C18H16N6. The largest absolute Gasteiger partial charge is 0.344 e. The quantitative estimate of drug-likeness (QED) is 0.508. The highest BCUT2D eigenvalue weighted by atomic mass is 15.6. The van der Waals surface area contributed by atoms with Crippen LogP contribution in [0.15, 0.2) is 36.4 Å². The van der Waals surface area contributed by atoms with Crippen molar-refractivity contribution in [3.8, 4) is 0 Å². The maximum absolute atomic E-state index is 4.79. The number of piperidine rings is 1. The Morgan fingerprint density at radius 1 is 1.00 bits per heavy atom. The van der Waals surface area contributed by atoms with Gasteiger partial charge in [-0.1, -0.05) is 36.4 Å². The molecule has 0 spiro atoms. The van der Waals surface area contributed by atoms with Gasteiger partial charge in [0.05, 0.1) is 12.1 Å². The summed E-state index contributed by atoms with van der Waals surface area (Å²) in [5.74, 6) is 4.41. The Hall–Kier alpha value is -2.50. The summed E-state index contributed by atoms with van der Waals surface area (Å²) in [5, 5.41) is 19.0. The highest BCUT2D eigenvalue weighted by Crippen LogP contribution is 2.66. The van der Waals surface area contributed by atoms with Crippen LogP contribution in [0.1, 0.15) is 12.8 Å². The van der Waals surface area contributed by atoms with E-state index >= 15 is 0 Å². The number of hydrogen-bond acceptors (Lipinski definition) is 5. The first kappa shape index (κ1) is 11.9. The molecule has 6 nitrogen and oxygen atoms in total. The molecule has 7 rings (SSSR count). The van der Waals surface area contributed by atoms with E-state index in [1.54, 1.807) is 4.63 Å². The van der Waals surface area contributed by atoms with Gasteiger partial charge >= 0.3 is 0 Å². The maximum atomic E-state index is 4.79. The lowest BCUT2D eigenvalue weighted by atomic mass is 9.82. The Bertz CT molecular complexity index is 1040. The SMILES string of the molecule is C1=C[C@H]2[C@@H](C1)[C@H]1C[C@H]2[C@H]2[C@@H]1N2c1nn2nnnc2c2ccccc12. The molecule has 118 valence electrons. The first-order valence-corrected chi connectivity index (χ1v) is 8.84. The summed E-state index contributed by atoms with van der Waals surface area (Å²) in [4.78, 5) is 2.56. The minimum absolute atomic E-state index is 0.670. The van der Waals surface area contributed by atoms with Gasteiger partial charge in [0.15, 0.2) is 5.82 Å². The van der Waals surface area contributed by atoms with Crippen molar-refractivity contribution >= 4 is 22.2 Å². The van der Waals surface area contributed by atoms with E-state index in [0.29, 0.717) is 12.1 Å². The number of benzene rings is 1. The van der Waals surface area contributed by atoms with Crippen molar-refractivity contribution in [1.82, 2.24) is 25.3 Å². The van der Waals surface area contributed by atoms with Crippen LogP contribution in [0.3, 0.4) is 0 Å². The van der Waals surface area contributed by atoms with Gasteiger partial charge in [-0.05, 0) is 46.9 Å². The van der Waals surface area contributed by atoms with Gasteiger partial charge in [-0.2, -0.15) is 0 Å². The molecule has 1 saturated heterocycles. The van der Waals surface area contributed by atoms with Gasteiger partial charge in [0, 0.05) is 10.8 Å². The third-order valence-electron chi connectivity index (χ3n) is 6.93. The minimum atomic E-state index is 0.670. The molecule has 1 aliphatic heterocycles. The van der Waals surface area contributed by atoms with Crippen LogP contribution in [0.4, 0.5) is 5.82 Å². The summed E-state index contributed by atoms with van der Waals surface area (Å²) in [7, 11) is 0. The molecular weight excluding hydrogens is 300 g/mol. The van der Waals surface area contributed by atoms with Gasteiger partial charge in [-0.25, -0.2) is 0 Å². The predicted octanol–water partition coefficient (Wildman–Crippen LogP) is 2.07. The van der Waals surface area contributed by atoms with Crippen LogP contribution < -0.4 is 4.90 Å². The number of allylic oxidation sites excluding steroid dienone is 2. The van der Waals surface area contributed by atoms with Crippen molar-refractivity contribution in [3.63, 3.8) is 0 Å². The van der Waals surface area contributed by atoms with E-state index in [1.165, 1.54) is 18.2 Å². The molecule has 0 radical (unpaired) electrons. The molecule has 6 atom stereocenters. The minimum Gasteiger partial charge on any atom is -0.344 e. The van der Waals surface area contributed by atoms with Crippen molar-refractivity contribution in [2.75, 3.05) is 4.90 Å². The molecule has 3 aliphatic carbocycles. The van der Waals surface area contributed by atoms with Gasteiger partial charge in [-0.3, -0.25) is 0 Å². The summed E-state index contributed by atoms with van der Waals surface area (Å²) in [6.45, 7) is 0. The second-order valence-corrected chi connectivity index (χ2v) is 7.72. The topological polar surface area (TPSA) is 59.0 Å². The van der Waals surface area contributed by atoms with E-state index in [4.69, 9.17) is 5.10 Å². The molecule has 1 aromatic carbocycles. The Labute approximate surface area is 138 Å². The zero-order valence-corrected chi connectivity index (χ0v) is 13.0. The highest BCUT2D eigenvalue weighted by molar-refractivity contribution is 6.00.